The number of rotatable bonds is 1. The number of nitrogens with zero attached hydrogens (tertiary/aromatic N) is 1. The molecule has 0 aliphatic carbocycles. The SMILES string of the molecule is COc1c(Cl)cc2cc1S(=O)(=O)Nc1cc(c(F)cc1F)-c1ccccc1CCCN(C)C2=O. The van der Waals surface area contributed by atoms with Crippen LogP contribution in [0, 0.1) is 11.6 Å². The fourth-order valence-corrected chi connectivity index (χ4v) is 5.58. The minimum Gasteiger partial charge on any atom is -0.494 e. The van der Waals surface area contributed by atoms with Gasteiger partial charge in [-0.05, 0) is 42.2 Å². The molecule has 0 radical (unpaired) electrons. The fourth-order valence-electron chi connectivity index (χ4n) is 3.95. The number of benzene rings is 3. The van der Waals surface area contributed by atoms with Crippen molar-refractivity contribution in [3.63, 3.8) is 0 Å². The number of hydrogen-bond acceptors (Lipinski definition) is 4. The van der Waals surface area contributed by atoms with E-state index in [0.29, 0.717) is 31.0 Å². The van der Waals surface area contributed by atoms with Gasteiger partial charge in [-0.3, -0.25) is 9.52 Å². The number of methoxy groups -OCH3 is 1. The summed E-state index contributed by atoms with van der Waals surface area (Å²) in [5, 5.41) is -0.0980. The van der Waals surface area contributed by atoms with Gasteiger partial charge >= 0.3 is 0 Å². The highest BCUT2D eigenvalue weighted by Crippen LogP contribution is 2.37. The van der Waals surface area contributed by atoms with Crippen molar-refractivity contribution in [3.8, 4) is 16.9 Å². The first-order valence-corrected chi connectivity index (χ1v) is 12.2. The highest BCUT2D eigenvalue weighted by atomic mass is 35.5. The third-order valence-electron chi connectivity index (χ3n) is 5.65. The number of aryl methyl sites for hydroxylation is 1. The Balaban J connectivity index is 1.97. The highest BCUT2D eigenvalue weighted by molar-refractivity contribution is 7.92. The number of anilines is 1. The lowest BCUT2D eigenvalue weighted by Gasteiger charge is -2.19. The van der Waals surface area contributed by atoms with Gasteiger partial charge in [-0.25, -0.2) is 17.2 Å². The molecule has 1 amide bonds. The fraction of sp³-hybridized carbons (Fsp3) is 0.208. The van der Waals surface area contributed by atoms with E-state index in [9.17, 15) is 22.0 Å². The molecule has 0 fully saturated rings. The van der Waals surface area contributed by atoms with Crippen LogP contribution in [0.25, 0.3) is 11.1 Å². The molecule has 34 heavy (non-hydrogen) atoms. The lowest BCUT2D eigenvalue weighted by molar-refractivity contribution is 0.0793. The van der Waals surface area contributed by atoms with Gasteiger partial charge in [0.15, 0.2) is 5.75 Å². The zero-order valence-electron chi connectivity index (χ0n) is 18.4. The molecule has 1 N–H and O–H groups in total. The summed E-state index contributed by atoms with van der Waals surface area (Å²) in [6.07, 6.45) is 1.07. The maximum absolute atomic E-state index is 14.8. The maximum atomic E-state index is 14.8. The molecule has 0 saturated heterocycles. The second-order valence-corrected chi connectivity index (χ2v) is 9.95. The van der Waals surface area contributed by atoms with Crippen molar-refractivity contribution in [2.75, 3.05) is 25.4 Å². The van der Waals surface area contributed by atoms with Crippen molar-refractivity contribution in [3.05, 3.63) is 76.3 Å². The van der Waals surface area contributed by atoms with Gasteiger partial charge in [-0.2, -0.15) is 0 Å². The lowest BCUT2D eigenvalue weighted by atomic mass is 9.95. The Kier molecular flexibility index (Phi) is 6.51. The predicted molar refractivity (Wildman–Crippen MR) is 126 cm³/mol. The Labute approximate surface area is 201 Å². The van der Waals surface area contributed by atoms with Crippen molar-refractivity contribution in [2.45, 2.75) is 17.7 Å². The van der Waals surface area contributed by atoms with Crippen molar-refractivity contribution < 1.29 is 26.7 Å². The van der Waals surface area contributed by atoms with E-state index in [1.165, 1.54) is 18.1 Å². The van der Waals surface area contributed by atoms with Crippen LogP contribution in [0.1, 0.15) is 22.3 Å². The van der Waals surface area contributed by atoms with Crippen LogP contribution < -0.4 is 9.46 Å². The van der Waals surface area contributed by atoms with E-state index in [1.54, 1.807) is 25.2 Å². The average Bonchev–Trinajstić information content (AvgIpc) is 2.79. The molecule has 1 aliphatic heterocycles. The van der Waals surface area contributed by atoms with Gasteiger partial charge in [-0.15, -0.1) is 0 Å². The van der Waals surface area contributed by atoms with Crippen molar-refractivity contribution >= 4 is 33.2 Å². The van der Waals surface area contributed by atoms with Crippen molar-refractivity contribution in [2.24, 2.45) is 0 Å². The first-order chi connectivity index (χ1) is 16.1. The Bertz CT molecular complexity index is 1400. The number of sulfonamides is 1. The lowest BCUT2D eigenvalue weighted by Crippen LogP contribution is -2.28. The summed E-state index contributed by atoms with van der Waals surface area (Å²) in [5.41, 5.74) is 0.915. The van der Waals surface area contributed by atoms with E-state index in [4.69, 9.17) is 16.3 Å². The third-order valence-corrected chi connectivity index (χ3v) is 7.30. The molecule has 178 valence electrons. The van der Waals surface area contributed by atoms with E-state index in [-0.39, 0.29) is 21.9 Å². The number of carbonyl (C=O) groups is 1. The standard InChI is InChI=1S/C24H21ClF2N2O4S/c1-29-9-5-7-14-6-3-4-8-16(14)17-12-21(20(27)13-19(17)26)28-34(31,32)22-11-15(24(29)30)10-18(25)23(22)33-2/h3-4,6,8,10-13,28H,5,7,9H2,1-2H3. The number of carbonyl (C=O) groups excluding carboxylic acids is 1. The molecule has 4 rings (SSSR count). The number of hydrogen-bond donors (Lipinski definition) is 1. The summed E-state index contributed by atoms with van der Waals surface area (Å²) in [6.45, 7) is 0.355. The molecule has 0 unspecified atom stereocenters. The Morgan fingerprint density at radius 1 is 1.06 bits per heavy atom. The largest absolute Gasteiger partial charge is 0.494 e. The van der Waals surface area contributed by atoms with Crippen LogP contribution in [0.5, 0.6) is 5.75 Å². The zero-order valence-corrected chi connectivity index (χ0v) is 19.9. The second-order valence-electron chi connectivity index (χ2n) is 7.89. The Hall–Kier alpha value is -3.17. The number of ether oxygens (including phenoxy) is 1. The predicted octanol–water partition coefficient (Wildman–Crippen LogP) is 5.11. The minimum atomic E-state index is -4.49. The van der Waals surface area contributed by atoms with Crippen LogP contribution in [0.4, 0.5) is 14.5 Å². The molecule has 6 nitrogen and oxygen atoms in total. The molecule has 1 aliphatic rings. The summed E-state index contributed by atoms with van der Waals surface area (Å²) >= 11 is 6.23. The summed E-state index contributed by atoms with van der Waals surface area (Å²) in [6, 6.07) is 11.2. The van der Waals surface area contributed by atoms with Crippen LogP contribution in [-0.4, -0.2) is 39.9 Å². The van der Waals surface area contributed by atoms with E-state index >= 15 is 0 Å². The molecule has 10 heteroatoms. The molecule has 3 aromatic carbocycles. The normalized spacial score (nSPS) is 15.6. The topological polar surface area (TPSA) is 75.7 Å². The summed E-state index contributed by atoms with van der Waals surface area (Å²) < 4.78 is 63.4. The average molecular weight is 507 g/mol. The summed E-state index contributed by atoms with van der Waals surface area (Å²) in [5.74, 6) is -2.57. The van der Waals surface area contributed by atoms with Crippen LogP contribution in [0.3, 0.4) is 0 Å². The molecule has 0 aromatic heterocycles. The Morgan fingerprint density at radius 2 is 1.79 bits per heavy atom. The molecule has 0 saturated carbocycles. The van der Waals surface area contributed by atoms with Crippen molar-refractivity contribution in [1.82, 2.24) is 4.90 Å². The summed E-state index contributed by atoms with van der Waals surface area (Å²) in [4.78, 5) is 14.0. The van der Waals surface area contributed by atoms with E-state index in [0.717, 1.165) is 17.7 Å². The van der Waals surface area contributed by atoms with Gasteiger partial charge in [-0.1, -0.05) is 35.9 Å². The molecule has 3 aromatic rings. The number of nitrogens with one attached hydrogen (secondary N) is 1. The van der Waals surface area contributed by atoms with Gasteiger partial charge < -0.3 is 9.64 Å². The van der Waals surface area contributed by atoms with Gasteiger partial charge in [0.1, 0.15) is 16.5 Å². The van der Waals surface area contributed by atoms with Gasteiger partial charge in [0.05, 0.1) is 17.8 Å². The first-order valence-electron chi connectivity index (χ1n) is 10.4. The van der Waals surface area contributed by atoms with E-state index in [2.05, 4.69) is 4.72 Å². The smallest absolute Gasteiger partial charge is 0.265 e. The van der Waals surface area contributed by atoms with Crippen LogP contribution in [0.15, 0.2) is 53.4 Å². The molecule has 0 atom stereocenters. The highest BCUT2D eigenvalue weighted by Gasteiger charge is 2.27. The molecular formula is C24H21ClF2N2O4S. The van der Waals surface area contributed by atoms with E-state index in [1.807, 2.05) is 6.07 Å². The first kappa shape index (κ1) is 24.0. The number of fused-ring (bicyclic) bond motifs is 6. The van der Waals surface area contributed by atoms with Gasteiger partial charge in [0.2, 0.25) is 0 Å². The molecule has 1 heterocycles. The van der Waals surface area contributed by atoms with Crippen LogP contribution in [-0.2, 0) is 16.4 Å². The molecular weight excluding hydrogens is 486 g/mol. The Morgan fingerprint density at radius 3 is 2.53 bits per heavy atom. The monoisotopic (exact) mass is 506 g/mol. The molecule has 4 bridgehead atoms. The third kappa shape index (κ3) is 4.45. The maximum Gasteiger partial charge on any atom is 0.265 e. The van der Waals surface area contributed by atoms with Crippen LogP contribution >= 0.6 is 11.6 Å². The van der Waals surface area contributed by atoms with Crippen LogP contribution in [0.2, 0.25) is 5.02 Å². The minimum absolute atomic E-state index is 0.0317. The zero-order chi connectivity index (χ0) is 24.6. The summed E-state index contributed by atoms with van der Waals surface area (Å²) in [7, 11) is -1.67. The second kappa shape index (κ2) is 9.23. The quantitative estimate of drug-likeness (QED) is 0.497. The van der Waals surface area contributed by atoms with Gasteiger partial charge in [0.25, 0.3) is 15.9 Å². The number of halogens is 3. The van der Waals surface area contributed by atoms with Gasteiger partial charge in [0, 0.05) is 30.8 Å². The van der Waals surface area contributed by atoms with E-state index < -0.39 is 38.1 Å². The number of amides is 1. The molecule has 0 spiro atoms. The van der Waals surface area contributed by atoms with Crippen molar-refractivity contribution in [1.29, 1.82) is 0 Å².